The first kappa shape index (κ1) is 15.1. The summed E-state index contributed by atoms with van der Waals surface area (Å²) in [7, 11) is 0. The third-order valence-electron chi connectivity index (χ3n) is 3.89. The molecule has 106 valence electrons. The highest BCUT2D eigenvalue weighted by molar-refractivity contribution is 6.30. The van der Waals surface area contributed by atoms with Gasteiger partial charge in [-0.25, -0.2) is 0 Å². The molecule has 2 N–H and O–H groups in total. The Hall–Kier alpha value is -1.31. The van der Waals surface area contributed by atoms with Crippen molar-refractivity contribution in [3.05, 3.63) is 69.2 Å². The van der Waals surface area contributed by atoms with E-state index in [1.165, 1.54) is 22.3 Å². The zero-order valence-electron chi connectivity index (χ0n) is 12.6. The van der Waals surface area contributed by atoms with E-state index < -0.39 is 5.54 Å². The highest BCUT2D eigenvalue weighted by atomic mass is 35.5. The van der Waals surface area contributed by atoms with E-state index in [0.29, 0.717) is 0 Å². The van der Waals surface area contributed by atoms with Crippen LogP contribution in [0, 0.1) is 20.8 Å². The highest BCUT2D eigenvalue weighted by Gasteiger charge is 2.23. The molecular weight excluding hydrogens is 266 g/mol. The fraction of sp³-hybridized carbons (Fsp3) is 0.333. The van der Waals surface area contributed by atoms with E-state index in [1.54, 1.807) is 0 Å². The van der Waals surface area contributed by atoms with Crippen molar-refractivity contribution < 1.29 is 0 Å². The summed E-state index contributed by atoms with van der Waals surface area (Å²) < 4.78 is 0. The van der Waals surface area contributed by atoms with Gasteiger partial charge in [-0.3, -0.25) is 0 Å². The standard InChI is InChI=1S/C18H22ClN/c1-12-9-13(2)17(14(3)10-12)11-18(4,20)15-5-7-16(19)8-6-15/h5-10H,11,20H2,1-4H3. The van der Waals surface area contributed by atoms with Crippen LogP contribution in [-0.4, -0.2) is 0 Å². The van der Waals surface area contributed by atoms with Gasteiger partial charge in [0.1, 0.15) is 0 Å². The number of hydrogen-bond donors (Lipinski definition) is 1. The summed E-state index contributed by atoms with van der Waals surface area (Å²) in [5, 5.41) is 0.743. The first-order valence-electron chi connectivity index (χ1n) is 6.91. The van der Waals surface area contributed by atoms with Crippen LogP contribution in [0.25, 0.3) is 0 Å². The molecule has 1 unspecified atom stereocenters. The molecule has 0 aliphatic rings. The van der Waals surface area contributed by atoms with Gasteiger partial charge in [0.2, 0.25) is 0 Å². The number of nitrogens with two attached hydrogens (primary N) is 1. The molecule has 0 amide bonds. The van der Waals surface area contributed by atoms with Crippen molar-refractivity contribution in [1.29, 1.82) is 0 Å². The molecule has 0 aliphatic heterocycles. The maximum absolute atomic E-state index is 6.55. The molecule has 2 aromatic carbocycles. The van der Waals surface area contributed by atoms with Crippen LogP contribution in [0.4, 0.5) is 0 Å². The largest absolute Gasteiger partial charge is 0.321 e. The molecule has 0 aromatic heterocycles. The second-order valence-electron chi connectivity index (χ2n) is 5.98. The van der Waals surface area contributed by atoms with Crippen LogP contribution in [-0.2, 0) is 12.0 Å². The smallest absolute Gasteiger partial charge is 0.0422 e. The van der Waals surface area contributed by atoms with Crippen molar-refractivity contribution in [2.24, 2.45) is 5.73 Å². The van der Waals surface area contributed by atoms with E-state index in [4.69, 9.17) is 17.3 Å². The lowest BCUT2D eigenvalue weighted by Gasteiger charge is -2.27. The van der Waals surface area contributed by atoms with Crippen LogP contribution in [0.2, 0.25) is 5.02 Å². The van der Waals surface area contributed by atoms with Gasteiger partial charge in [-0.05, 0) is 68.5 Å². The van der Waals surface area contributed by atoms with Gasteiger partial charge in [0.05, 0.1) is 0 Å². The number of rotatable bonds is 3. The van der Waals surface area contributed by atoms with E-state index in [9.17, 15) is 0 Å². The Kier molecular flexibility index (Phi) is 4.22. The molecule has 2 rings (SSSR count). The van der Waals surface area contributed by atoms with Gasteiger partial charge >= 0.3 is 0 Å². The average molecular weight is 288 g/mol. The molecule has 0 radical (unpaired) electrons. The first-order valence-corrected chi connectivity index (χ1v) is 7.29. The van der Waals surface area contributed by atoms with Crippen molar-refractivity contribution in [3.63, 3.8) is 0 Å². The van der Waals surface area contributed by atoms with Crippen molar-refractivity contribution in [2.75, 3.05) is 0 Å². The summed E-state index contributed by atoms with van der Waals surface area (Å²) in [4.78, 5) is 0. The lowest BCUT2D eigenvalue weighted by Crippen LogP contribution is -2.36. The minimum Gasteiger partial charge on any atom is -0.321 e. The zero-order chi connectivity index (χ0) is 14.9. The molecule has 0 spiro atoms. The first-order chi connectivity index (χ1) is 9.29. The zero-order valence-corrected chi connectivity index (χ0v) is 13.4. The Bertz CT molecular complexity index is 589. The fourth-order valence-electron chi connectivity index (χ4n) is 2.79. The minimum absolute atomic E-state index is 0.393. The van der Waals surface area contributed by atoms with Gasteiger partial charge in [-0.15, -0.1) is 0 Å². The average Bonchev–Trinajstić information content (AvgIpc) is 2.34. The third-order valence-corrected chi connectivity index (χ3v) is 4.14. The van der Waals surface area contributed by atoms with Gasteiger partial charge in [0, 0.05) is 10.6 Å². The molecule has 2 heteroatoms. The Labute approximate surface area is 126 Å². The SMILES string of the molecule is Cc1cc(C)c(CC(C)(N)c2ccc(Cl)cc2)c(C)c1. The molecular formula is C18H22ClN. The molecule has 1 atom stereocenters. The molecule has 0 aliphatic carbocycles. The van der Waals surface area contributed by atoms with Crippen LogP contribution in [0.15, 0.2) is 36.4 Å². The van der Waals surface area contributed by atoms with Crippen molar-refractivity contribution in [2.45, 2.75) is 39.7 Å². The van der Waals surface area contributed by atoms with Crippen molar-refractivity contribution in [3.8, 4) is 0 Å². The van der Waals surface area contributed by atoms with Crippen LogP contribution in [0.5, 0.6) is 0 Å². The maximum Gasteiger partial charge on any atom is 0.0422 e. The normalized spacial score (nSPS) is 14.1. The van der Waals surface area contributed by atoms with Crippen LogP contribution >= 0.6 is 11.6 Å². The Morgan fingerprint density at radius 2 is 1.50 bits per heavy atom. The van der Waals surface area contributed by atoms with Crippen molar-refractivity contribution in [1.82, 2.24) is 0 Å². The van der Waals surface area contributed by atoms with Crippen LogP contribution in [0.1, 0.15) is 34.7 Å². The number of hydrogen-bond acceptors (Lipinski definition) is 1. The lowest BCUT2D eigenvalue weighted by molar-refractivity contribution is 0.489. The molecule has 20 heavy (non-hydrogen) atoms. The van der Waals surface area contributed by atoms with E-state index in [2.05, 4.69) is 39.8 Å². The fourth-order valence-corrected chi connectivity index (χ4v) is 2.91. The molecule has 0 fully saturated rings. The Morgan fingerprint density at radius 3 is 2.00 bits per heavy atom. The van der Waals surface area contributed by atoms with E-state index in [-0.39, 0.29) is 0 Å². The van der Waals surface area contributed by atoms with E-state index >= 15 is 0 Å². The molecule has 0 saturated heterocycles. The quantitative estimate of drug-likeness (QED) is 0.871. The van der Waals surface area contributed by atoms with Crippen molar-refractivity contribution >= 4 is 11.6 Å². The Morgan fingerprint density at radius 1 is 1.00 bits per heavy atom. The Balaban J connectivity index is 2.35. The summed E-state index contributed by atoms with van der Waals surface area (Å²) in [6, 6.07) is 12.3. The van der Waals surface area contributed by atoms with Gasteiger partial charge in [0.25, 0.3) is 0 Å². The minimum atomic E-state index is -0.393. The summed E-state index contributed by atoms with van der Waals surface area (Å²) in [6.45, 7) is 8.53. The predicted molar refractivity (Wildman–Crippen MR) is 87.3 cm³/mol. The molecule has 0 heterocycles. The highest BCUT2D eigenvalue weighted by Crippen LogP contribution is 2.27. The third kappa shape index (κ3) is 3.23. The molecule has 2 aromatic rings. The second kappa shape index (κ2) is 5.59. The predicted octanol–water partition coefficient (Wildman–Crippen LogP) is 4.68. The second-order valence-corrected chi connectivity index (χ2v) is 6.41. The number of aryl methyl sites for hydroxylation is 3. The van der Waals surface area contributed by atoms with E-state index in [1.807, 2.05) is 24.3 Å². The number of halogens is 1. The molecule has 1 nitrogen and oxygen atoms in total. The summed E-state index contributed by atoms with van der Waals surface area (Å²) >= 11 is 5.95. The monoisotopic (exact) mass is 287 g/mol. The maximum atomic E-state index is 6.55. The summed E-state index contributed by atoms with van der Waals surface area (Å²) in [6.07, 6.45) is 0.826. The van der Waals surface area contributed by atoms with Crippen LogP contribution < -0.4 is 5.73 Å². The lowest BCUT2D eigenvalue weighted by atomic mass is 9.83. The number of benzene rings is 2. The summed E-state index contributed by atoms with van der Waals surface area (Å²) in [5.41, 5.74) is 12.5. The molecule has 0 bridgehead atoms. The van der Waals surface area contributed by atoms with E-state index in [0.717, 1.165) is 17.0 Å². The summed E-state index contributed by atoms with van der Waals surface area (Å²) in [5.74, 6) is 0. The van der Waals surface area contributed by atoms with Gasteiger partial charge in [0.15, 0.2) is 0 Å². The van der Waals surface area contributed by atoms with Gasteiger partial charge < -0.3 is 5.73 Å². The van der Waals surface area contributed by atoms with Crippen LogP contribution in [0.3, 0.4) is 0 Å². The van der Waals surface area contributed by atoms with Gasteiger partial charge in [-0.1, -0.05) is 41.4 Å². The molecule has 0 saturated carbocycles. The van der Waals surface area contributed by atoms with Gasteiger partial charge in [-0.2, -0.15) is 0 Å². The topological polar surface area (TPSA) is 26.0 Å².